The summed E-state index contributed by atoms with van der Waals surface area (Å²) in [4.78, 5) is 51.8. The van der Waals surface area contributed by atoms with Crippen LogP contribution in [0.25, 0.3) is 0 Å². The molecule has 0 aliphatic carbocycles. The lowest BCUT2D eigenvalue weighted by Crippen LogP contribution is -2.48. The van der Waals surface area contributed by atoms with Crippen LogP contribution in [-0.4, -0.2) is 89.7 Å². The van der Waals surface area contributed by atoms with Crippen LogP contribution >= 0.6 is 22.7 Å². The van der Waals surface area contributed by atoms with Gasteiger partial charge in [-0.2, -0.15) is 0 Å². The molecular weight excluding hydrogens is 745 g/mol. The second-order valence-corrected chi connectivity index (χ2v) is 16.4. The van der Waals surface area contributed by atoms with E-state index < -0.39 is 6.04 Å². The number of aromatic nitrogens is 2. The van der Waals surface area contributed by atoms with Gasteiger partial charge >= 0.3 is 12.1 Å². The summed E-state index contributed by atoms with van der Waals surface area (Å²) in [6.45, 7) is 13.0. The number of benzene rings is 2. The monoisotopic (exact) mass is 804 g/mol. The number of rotatable bonds is 19. The maximum atomic E-state index is 13.5. The van der Waals surface area contributed by atoms with Crippen molar-refractivity contribution in [1.82, 2.24) is 30.4 Å². The van der Waals surface area contributed by atoms with Crippen molar-refractivity contribution in [3.63, 3.8) is 0 Å². The van der Waals surface area contributed by atoms with Crippen LogP contribution in [0.4, 0.5) is 9.59 Å². The smallest absolute Gasteiger partial charge is 0.407 e. The fraction of sp³-hybridized carbons (Fsp3) is 0.512. The average molecular weight is 805 g/mol. The molecule has 3 amide bonds. The lowest BCUT2D eigenvalue weighted by atomic mass is 9.89. The fourth-order valence-electron chi connectivity index (χ4n) is 6.27. The molecule has 3 atom stereocenters. The summed E-state index contributed by atoms with van der Waals surface area (Å²) in [7, 11) is 1.76. The molecule has 4 aromatic rings. The highest BCUT2D eigenvalue weighted by Gasteiger charge is 2.26. The first-order valence-electron chi connectivity index (χ1n) is 19.8. The number of carbonyl (C=O) groups is 3. The van der Waals surface area contributed by atoms with Gasteiger partial charge in [0, 0.05) is 56.6 Å². The van der Waals surface area contributed by atoms with Gasteiger partial charge in [0.05, 0.1) is 46.9 Å². The van der Waals surface area contributed by atoms with Crippen molar-refractivity contribution in [2.24, 2.45) is 5.92 Å². The van der Waals surface area contributed by atoms with Crippen LogP contribution in [0.5, 0.6) is 0 Å². The Labute approximate surface area is 341 Å². The van der Waals surface area contributed by atoms with Crippen LogP contribution < -0.4 is 10.6 Å². The van der Waals surface area contributed by atoms with Gasteiger partial charge in [-0.25, -0.2) is 14.6 Å². The summed E-state index contributed by atoms with van der Waals surface area (Å²) in [6.07, 6.45) is 5.88. The molecule has 0 radical (unpaired) electrons. The predicted octanol–water partition coefficient (Wildman–Crippen LogP) is 8.12. The maximum Gasteiger partial charge on any atom is 0.407 e. The van der Waals surface area contributed by atoms with E-state index >= 15 is 0 Å². The minimum absolute atomic E-state index is 0.0892. The van der Waals surface area contributed by atoms with E-state index in [0.717, 1.165) is 60.9 Å². The molecule has 3 heterocycles. The van der Waals surface area contributed by atoms with Gasteiger partial charge in [-0.3, -0.25) is 14.7 Å². The summed E-state index contributed by atoms with van der Waals surface area (Å²) >= 11 is 3.10. The Hall–Kier alpha value is -4.17. The molecule has 2 N–H and O–H groups in total. The number of alkyl carbamates (subject to hydrolysis) is 1. The summed E-state index contributed by atoms with van der Waals surface area (Å²) in [5.74, 6) is 0.737. The number of hydrogen-bond donors (Lipinski definition) is 2. The lowest BCUT2D eigenvalue weighted by Gasteiger charge is -2.29. The van der Waals surface area contributed by atoms with Crippen LogP contribution in [0.1, 0.15) is 86.0 Å². The third kappa shape index (κ3) is 16.1. The van der Waals surface area contributed by atoms with Gasteiger partial charge in [0.25, 0.3) is 0 Å². The molecule has 2 aromatic carbocycles. The third-order valence-corrected chi connectivity index (χ3v) is 11.7. The molecule has 56 heavy (non-hydrogen) atoms. The highest BCUT2D eigenvalue weighted by molar-refractivity contribution is 7.09. The topological polar surface area (TPSA) is 126 Å². The number of carbonyl (C=O) groups excluding carboxylic acids is 3. The zero-order valence-electron chi connectivity index (χ0n) is 33.7. The van der Waals surface area contributed by atoms with Crippen LogP contribution in [0, 0.1) is 5.92 Å². The first-order chi connectivity index (χ1) is 27.1. The molecular formula is C43H60N6O5S2. The average Bonchev–Trinajstić information content (AvgIpc) is 3.92. The Morgan fingerprint density at radius 2 is 1.61 bits per heavy atom. The zero-order valence-corrected chi connectivity index (χ0v) is 35.3. The molecule has 3 unspecified atom stereocenters. The van der Waals surface area contributed by atoms with E-state index in [4.69, 9.17) is 9.47 Å². The molecule has 0 spiro atoms. The Morgan fingerprint density at radius 3 is 2.20 bits per heavy atom. The molecule has 1 aliphatic rings. The van der Waals surface area contributed by atoms with E-state index in [1.807, 2.05) is 41.8 Å². The molecule has 1 aliphatic heterocycles. The second kappa shape index (κ2) is 24.5. The summed E-state index contributed by atoms with van der Waals surface area (Å²) in [5.41, 5.74) is 5.06. The first-order valence-corrected chi connectivity index (χ1v) is 21.6. The number of hydrogen-bond acceptors (Lipinski definition) is 10. The molecule has 0 bridgehead atoms. The second-order valence-electron chi connectivity index (χ2n) is 14.6. The van der Waals surface area contributed by atoms with Gasteiger partial charge in [0.1, 0.15) is 6.61 Å². The number of nitrogens with zero attached hydrogens (tertiary/aromatic N) is 4. The van der Waals surface area contributed by atoms with Crippen LogP contribution in [0.3, 0.4) is 0 Å². The van der Waals surface area contributed by atoms with Crippen molar-refractivity contribution in [1.29, 1.82) is 0 Å². The van der Waals surface area contributed by atoms with Gasteiger partial charge < -0.3 is 25.0 Å². The first kappa shape index (κ1) is 44.5. The van der Waals surface area contributed by atoms with Gasteiger partial charge in [0.15, 0.2) is 5.78 Å². The van der Waals surface area contributed by atoms with Crippen molar-refractivity contribution in [2.75, 3.05) is 39.9 Å². The van der Waals surface area contributed by atoms with E-state index in [9.17, 15) is 14.4 Å². The van der Waals surface area contributed by atoms with Crippen LogP contribution in [-0.2, 0) is 40.3 Å². The van der Waals surface area contributed by atoms with Gasteiger partial charge in [-0.1, -0.05) is 94.8 Å². The number of thiazole rings is 2. The molecule has 5 rings (SSSR count). The Bertz CT molecular complexity index is 1700. The molecule has 11 nitrogen and oxygen atoms in total. The van der Waals surface area contributed by atoms with Crippen molar-refractivity contribution in [3.8, 4) is 0 Å². The van der Waals surface area contributed by atoms with E-state index in [-0.39, 0.29) is 36.5 Å². The number of urea groups is 1. The van der Waals surface area contributed by atoms with E-state index in [0.29, 0.717) is 38.5 Å². The molecule has 1 saturated heterocycles. The van der Waals surface area contributed by atoms with E-state index in [1.165, 1.54) is 22.5 Å². The molecule has 304 valence electrons. The fourth-order valence-corrected chi connectivity index (χ4v) is 7.61. The van der Waals surface area contributed by atoms with Gasteiger partial charge in [0.2, 0.25) is 0 Å². The molecule has 13 heteroatoms. The van der Waals surface area contributed by atoms with Gasteiger partial charge in [-0.05, 0) is 42.7 Å². The molecule has 1 fully saturated rings. The number of ketones is 1. The van der Waals surface area contributed by atoms with Crippen LogP contribution in [0.2, 0.25) is 0 Å². The number of amides is 3. The number of nitrogens with one attached hydrogen (secondary N) is 2. The number of morpholine rings is 1. The Balaban J connectivity index is 0.000000293. The predicted molar refractivity (Wildman–Crippen MR) is 225 cm³/mol. The van der Waals surface area contributed by atoms with Crippen molar-refractivity contribution in [3.05, 3.63) is 104 Å². The number of ether oxygens (including phenoxy) is 2. The summed E-state index contributed by atoms with van der Waals surface area (Å²) in [5, 5.41) is 9.04. The molecule has 0 saturated carbocycles. The van der Waals surface area contributed by atoms with Crippen LogP contribution in [0.15, 0.2) is 77.8 Å². The quantitative estimate of drug-likeness (QED) is 0.0974. The van der Waals surface area contributed by atoms with E-state index in [2.05, 4.69) is 77.5 Å². The Morgan fingerprint density at radius 1 is 0.929 bits per heavy atom. The Kier molecular flexibility index (Phi) is 19.5. The number of Topliss-reactive ketones (excluding diaryl/α,β-unsaturated/α-hetero) is 1. The highest BCUT2D eigenvalue weighted by atomic mass is 32.1. The molecule has 2 aromatic heterocycles. The van der Waals surface area contributed by atoms with Crippen molar-refractivity contribution in [2.45, 2.75) is 97.4 Å². The van der Waals surface area contributed by atoms with Crippen molar-refractivity contribution >= 4 is 40.6 Å². The minimum Gasteiger partial charge on any atom is -0.444 e. The zero-order chi connectivity index (χ0) is 40.1. The maximum absolute atomic E-state index is 13.5. The summed E-state index contributed by atoms with van der Waals surface area (Å²) in [6, 6.07) is 19.8. The minimum atomic E-state index is -0.505. The SMILES string of the molecule is CCC(CC(=O)C(CCN1CCOCC1)NC(=O)N(C)Cc1csc(C(C)C)n1)Cc1ccccc1.CCC(Cc1ccccc1)NC(=O)OCc1cncs1. The van der Waals surface area contributed by atoms with Gasteiger partial charge in [-0.15, -0.1) is 22.7 Å². The third-order valence-electron chi connectivity index (χ3n) is 9.74. The largest absolute Gasteiger partial charge is 0.444 e. The standard InChI is InChI=1S/C28H42N4O3S.C15H18N2O2S/c1-5-22(17-23-9-7-6-8-10-23)18-26(33)25(11-12-32-13-15-35-16-14-32)30-28(34)31(4)19-24-20-36-27(29-24)21(2)3;1-2-13(8-12-6-4-3-5-7-12)17-15(18)19-10-14-9-16-11-20-14/h6-10,20-22,25H,5,11-19H2,1-4H3,(H,30,34);3-7,9,11,13H,2,8,10H2,1H3,(H,17,18). The van der Waals surface area contributed by atoms with E-state index in [1.54, 1.807) is 35.0 Å². The lowest BCUT2D eigenvalue weighted by molar-refractivity contribution is -0.122. The normalized spacial score (nSPS) is 14.5. The van der Waals surface area contributed by atoms with Crippen molar-refractivity contribution < 1.29 is 23.9 Å². The summed E-state index contributed by atoms with van der Waals surface area (Å²) < 4.78 is 10.6. The highest BCUT2D eigenvalue weighted by Crippen LogP contribution is 2.21.